The highest BCUT2D eigenvalue weighted by Crippen LogP contribution is 2.18. The minimum Gasteiger partial charge on any atom is -0.465 e. The summed E-state index contributed by atoms with van der Waals surface area (Å²) in [7, 11) is 0. The number of ketones is 1. The molecule has 3 amide bonds. The molecule has 7 heteroatoms. The number of amides is 3. The van der Waals surface area contributed by atoms with Gasteiger partial charge in [-0.15, -0.1) is 0 Å². The van der Waals surface area contributed by atoms with E-state index in [9.17, 15) is 19.2 Å². The highest BCUT2D eigenvalue weighted by atomic mass is 16.5. The van der Waals surface area contributed by atoms with Crippen molar-refractivity contribution in [2.75, 3.05) is 19.7 Å². The van der Waals surface area contributed by atoms with Crippen molar-refractivity contribution in [3.63, 3.8) is 0 Å². The van der Waals surface area contributed by atoms with Crippen LogP contribution < -0.4 is 0 Å². The molecule has 106 valence electrons. The average Bonchev–Trinajstić information content (AvgIpc) is 2.55. The van der Waals surface area contributed by atoms with Gasteiger partial charge in [0.05, 0.1) is 6.61 Å². The van der Waals surface area contributed by atoms with Crippen molar-refractivity contribution >= 4 is 23.7 Å². The van der Waals surface area contributed by atoms with Crippen LogP contribution in [0, 0.1) is 0 Å². The van der Waals surface area contributed by atoms with E-state index in [0.717, 1.165) is 4.90 Å². The van der Waals surface area contributed by atoms with E-state index in [1.807, 2.05) is 6.92 Å². The van der Waals surface area contributed by atoms with E-state index in [1.165, 1.54) is 11.8 Å². The lowest BCUT2D eigenvalue weighted by Crippen LogP contribution is -2.40. The first kappa shape index (κ1) is 15.1. The van der Waals surface area contributed by atoms with Crippen LogP contribution in [-0.2, 0) is 19.1 Å². The molecule has 1 heterocycles. The Morgan fingerprint density at radius 3 is 2.37 bits per heavy atom. The van der Waals surface area contributed by atoms with Gasteiger partial charge in [-0.1, -0.05) is 6.92 Å². The molecule has 0 spiro atoms. The maximum absolute atomic E-state index is 12.0. The predicted molar refractivity (Wildman–Crippen MR) is 65.2 cm³/mol. The number of hydrogen-bond acceptors (Lipinski definition) is 5. The average molecular weight is 270 g/mol. The van der Waals surface area contributed by atoms with E-state index in [4.69, 9.17) is 4.74 Å². The van der Waals surface area contributed by atoms with Gasteiger partial charge in [0.25, 0.3) is 5.91 Å². The van der Waals surface area contributed by atoms with Gasteiger partial charge in [0, 0.05) is 6.54 Å². The Hall–Kier alpha value is -1.92. The first-order valence-electron chi connectivity index (χ1n) is 6.22. The summed E-state index contributed by atoms with van der Waals surface area (Å²) in [5, 5.41) is 0. The zero-order chi connectivity index (χ0) is 14.6. The summed E-state index contributed by atoms with van der Waals surface area (Å²) in [5.41, 5.74) is 0. The second-order valence-corrected chi connectivity index (χ2v) is 4.22. The number of urea groups is 1. The van der Waals surface area contributed by atoms with Gasteiger partial charge in [-0.2, -0.15) is 0 Å². The topological polar surface area (TPSA) is 84.0 Å². The van der Waals surface area contributed by atoms with Crippen molar-refractivity contribution in [2.45, 2.75) is 33.2 Å². The number of esters is 1. The van der Waals surface area contributed by atoms with Gasteiger partial charge in [-0.3, -0.25) is 19.3 Å². The molecule has 1 atom stereocenters. The van der Waals surface area contributed by atoms with Gasteiger partial charge in [0.2, 0.25) is 0 Å². The van der Waals surface area contributed by atoms with Gasteiger partial charge in [0.1, 0.15) is 6.54 Å². The van der Waals surface area contributed by atoms with Crippen LogP contribution in [0.3, 0.4) is 0 Å². The Kier molecular flexibility index (Phi) is 5.02. The molecule has 7 nitrogen and oxygen atoms in total. The van der Waals surface area contributed by atoms with Crippen molar-refractivity contribution in [1.29, 1.82) is 0 Å². The molecule has 1 fully saturated rings. The fraction of sp³-hybridized carbons (Fsp3) is 0.667. The number of nitrogens with zero attached hydrogens (tertiary/aromatic N) is 2. The molecule has 1 unspecified atom stereocenters. The molecule has 0 aromatic rings. The van der Waals surface area contributed by atoms with Crippen molar-refractivity contribution in [3.05, 3.63) is 0 Å². The third-order valence-electron chi connectivity index (χ3n) is 2.73. The first-order valence-corrected chi connectivity index (χ1v) is 6.22. The molecule has 0 aromatic heterocycles. The zero-order valence-corrected chi connectivity index (χ0v) is 11.3. The number of carbonyl (C=O) groups is 4. The van der Waals surface area contributed by atoms with E-state index >= 15 is 0 Å². The monoisotopic (exact) mass is 270 g/mol. The summed E-state index contributed by atoms with van der Waals surface area (Å²) in [6, 6.07) is -1.72. The molecule has 0 saturated carbocycles. The van der Waals surface area contributed by atoms with Crippen LogP contribution in [0.2, 0.25) is 0 Å². The van der Waals surface area contributed by atoms with Crippen LogP contribution in [-0.4, -0.2) is 59.2 Å². The summed E-state index contributed by atoms with van der Waals surface area (Å²) in [4.78, 5) is 48.9. The van der Waals surface area contributed by atoms with E-state index in [2.05, 4.69) is 0 Å². The van der Waals surface area contributed by atoms with Gasteiger partial charge in [0.15, 0.2) is 11.8 Å². The molecular formula is C12H18N2O5. The summed E-state index contributed by atoms with van der Waals surface area (Å²) in [5.74, 6) is -1.72. The number of imide groups is 1. The lowest BCUT2D eigenvalue weighted by molar-refractivity contribution is -0.147. The van der Waals surface area contributed by atoms with Crippen LogP contribution in [0.15, 0.2) is 0 Å². The second kappa shape index (κ2) is 6.31. The maximum Gasteiger partial charge on any atom is 0.328 e. The maximum atomic E-state index is 12.0. The van der Waals surface area contributed by atoms with Crippen molar-refractivity contribution in [3.8, 4) is 0 Å². The number of rotatable bonds is 6. The Labute approximate surface area is 111 Å². The smallest absolute Gasteiger partial charge is 0.328 e. The van der Waals surface area contributed by atoms with E-state index in [1.54, 1.807) is 6.92 Å². The fourth-order valence-corrected chi connectivity index (χ4v) is 1.98. The van der Waals surface area contributed by atoms with E-state index in [-0.39, 0.29) is 6.61 Å². The molecule has 1 aliphatic rings. The van der Waals surface area contributed by atoms with Gasteiger partial charge < -0.3 is 9.64 Å². The molecule has 19 heavy (non-hydrogen) atoms. The number of hydrogen-bond donors (Lipinski definition) is 0. The van der Waals surface area contributed by atoms with Gasteiger partial charge >= 0.3 is 12.0 Å². The molecule has 0 N–H and O–H groups in total. The van der Waals surface area contributed by atoms with E-state index < -0.39 is 36.3 Å². The molecule has 1 saturated heterocycles. The molecule has 0 aromatic carbocycles. The van der Waals surface area contributed by atoms with Gasteiger partial charge in [-0.05, 0) is 20.3 Å². The highest BCUT2D eigenvalue weighted by molar-refractivity contribution is 6.16. The first-order chi connectivity index (χ1) is 8.93. The van der Waals surface area contributed by atoms with Crippen LogP contribution >= 0.6 is 0 Å². The normalized spacial score (nSPS) is 19.0. The largest absolute Gasteiger partial charge is 0.465 e. The fourth-order valence-electron chi connectivity index (χ4n) is 1.98. The minimum absolute atomic E-state index is 0.171. The Bertz CT molecular complexity index is 407. The molecule has 1 rings (SSSR count). The molecule has 0 bridgehead atoms. The van der Waals surface area contributed by atoms with E-state index in [0.29, 0.717) is 13.0 Å². The highest BCUT2D eigenvalue weighted by Gasteiger charge is 2.47. The third kappa shape index (κ3) is 3.10. The summed E-state index contributed by atoms with van der Waals surface area (Å²) < 4.78 is 4.70. The van der Waals surface area contributed by atoms with Crippen molar-refractivity contribution in [2.24, 2.45) is 0 Å². The zero-order valence-electron chi connectivity index (χ0n) is 11.3. The van der Waals surface area contributed by atoms with Crippen molar-refractivity contribution < 1.29 is 23.9 Å². The Morgan fingerprint density at radius 1 is 1.26 bits per heavy atom. The minimum atomic E-state index is -1.11. The second-order valence-electron chi connectivity index (χ2n) is 4.22. The summed E-state index contributed by atoms with van der Waals surface area (Å²) in [6.45, 7) is 4.75. The molecule has 1 aliphatic heterocycles. The summed E-state index contributed by atoms with van der Waals surface area (Å²) in [6.07, 6.45) is 0.621. The summed E-state index contributed by atoms with van der Waals surface area (Å²) >= 11 is 0. The van der Waals surface area contributed by atoms with Gasteiger partial charge in [-0.25, -0.2) is 4.79 Å². The predicted octanol–water partition coefficient (Wildman–Crippen LogP) is 0.181. The van der Waals surface area contributed by atoms with Crippen LogP contribution in [0.5, 0.6) is 0 Å². The number of carbonyl (C=O) groups excluding carboxylic acids is 4. The lowest BCUT2D eigenvalue weighted by atomic mass is 10.2. The molecular weight excluding hydrogens is 252 g/mol. The third-order valence-corrected chi connectivity index (χ3v) is 2.73. The van der Waals surface area contributed by atoms with Crippen LogP contribution in [0.25, 0.3) is 0 Å². The number of ether oxygens (including phenoxy) is 1. The molecule has 0 aliphatic carbocycles. The number of Topliss-reactive ketones (excluding diaryl/α,β-unsaturated/α-hetero) is 1. The Morgan fingerprint density at radius 2 is 1.89 bits per heavy atom. The van der Waals surface area contributed by atoms with Crippen molar-refractivity contribution in [1.82, 2.24) is 9.80 Å². The Balaban J connectivity index is 2.89. The lowest BCUT2D eigenvalue weighted by Gasteiger charge is -2.18. The molecule has 0 radical (unpaired) electrons. The van der Waals surface area contributed by atoms with Crippen LogP contribution in [0.1, 0.15) is 27.2 Å². The quantitative estimate of drug-likeness (QED) is 0.390. The standard InChI is InChI=1S/C12H18N2O5/c1-4-6-13-10(8(3)15)11(17)14(12(13)18)7-9(16)19-5-2/h10H,4-7H2,1-3H3. The SMILES string of the molecule is CCCN1C(=O)N(CC(=O)OCC)C(=O)C1C(C)=O. The van der Waals surface area contributed by atoms with Crippen LogP contribution in [0.4, 0.5) is 4.79 Å².